The van der Waals surface area contributed by atoms with Gasteiger partial charge in [0.1, 0.15) is 18.4 Å². The highest BCUT2D eigenvalue weighted by atomic mass is 32.2. The van der Waals surface area contributed by atoms with Crippen molar-refractivity contribution >= 4 is 27.5 Å². The van der Waals surface area contributed by atoms with Crippen molar-refractivity contribution in [2.75, 3.05) is 17.1 Å². The Balaban J connectivity index is 1.90. The molecular weight excluding hydrogens is 469 g/mol. The third kappa shape index (κ3) is 7.27. The number of nitrogens with one attached hydrogen (secondary N) is 1. The van der Waals surface area contributed by atoms with Crippen molar-refractivity contribution in [3.63, 3.8) is 0 Å². The Morgan fingerprint density at radius 2 is 1.66 bits per heavy atom. The van der Waals surface area contributed by atoms with E-state index in [4.69, 9.17) is 0 Å². The van der Waals surface area contributed by atoms with Gasteiger partial charge in [-0.25, -0.2) is 12.8 Å². The molecule has 0 radical (unpaired) electrons. The third-order valence-corrected chi connectivity index (χ3v) is 7.50. The second-order valence-electron chi connectivity index (χ2n) is 9.17. The molecule has 2 aromatic carbocycles. The highest BCUT2D eigenvalue weighted by Gasteiger charge is 2.33. The van der Waals surface area contributed by atoms with Gasteiger partial charge in [0.2, 0.25) is 21.8 Å². The van der Waals surface area contributed by atoms with Crippen LogP contribution in [-0.2, 0) is 26.2 Å². The van der Waals surface area contributed by atoms with Crippen molar-refractivity contribution in [1.29, 1.82) is 0 Å². The van der Waals surface area contributed by atoms with Crippen LogP contribution in [0.5, 0.6) is 0 Å². The van der Waals surface area contributed by atoms with Gasteiger partial charge in [-0.3, -0.25) is 13.9 Å². The molecular formula is C26H34FN3O4S. The fourth-order valence-electron chi connectivity index (χ4n) is 4.40. The van der Waals surface area contributed by atoms with E-state index in [-0.39, 0.29) is 18.5 Å². The normalized spacial score (nSPS) is 15.0. The van der Waals surface area contributed by atoms with E-state index in [2.05, 4.69) is 5.32 Å². The summed E-state index contributed by atoms with van der Waals surface area (Å²) in [5.41, 5.74) is 1.98. The van der Waals surface area contributed by atoms with Crippen LogP contribution < -0.4 is 9.62 Å². The standard InChI is InChI=1S/C26H34FN3O4S/c1-4-24(26(32)28-22-7-5-6-8-22)29(17-20-11-13-21(27)14-12-20)25(31)18-30(35(3,33)34)23-15-9-19(2)10-16-23/h9-16,22,24H,4-8,17-18H2,1-3H3,(H,28,32)/t24-/m0/s1. The molecule has 0 heterocycles. The fourth-order valence-corrected chi connectivity index (χ4v) is 5.25. The highest BCUT2D eigenvalue weighted by molar-refractivity contribution is 7.92. The van der Waals surface area contributed by atoms with Crippen LogP contribution in [0.1, 0.15) is 50.2 Å². The summed E-state index contributed by atoms with van der Waals surface area (Å²) in [5, 5.41) is 3.06. The van der Waals surface area contributed by atoms with Gasteiger partial charge in [-0.2, -0.15) is 0 Å². The number of sulfonamides is 1. The molecule has 2 aromatic rings. The Hall–Kier alpha value is -2.94. The molecule has 1 saturated carbocycles. The molecule has 35 heavy (non-hydrogen) atoms. The number of nitrogens with zero attached hydrogens (tertiary/aromatic N) is 2. The molecule has 0 saturated heterocycles. The van der Waals surface area contributed by atoms with Crippen molar-refractivity contribution in [3.05, 3.63) is 65.5 Å². The largest absolute Gasteiger partial charge is 0.352 e. The van der Waals surface area contributed by atoms with E-state index in [9.17, 15) is 22.4 Å². The monoisotopic (exact) mass is 503 g/mol. The molecule has 1 atom stereocenters. The van der Waals surface area contributed by atoms with Crippen LogP contribution in [0.2, 0.25) is 0 Å². The Morgan fingerprint density at radius 1 is 1.06 bits per heavy atom. The molecule has 0 unspecified atom stereocenters. The van der Waals surface area contributed by atoms with Gasteiger partial charge in [0.05, 0.1) is 11.9 Å². The second-order valence-corrected chi connectivity index (χ2v) is 11.1. The molecule has 0 aliphatic heterocycles. The summed E-state index contributed by atoms with van der Waals surface area (Å²) in [7, 11) is -3.77. The first-order chi connectivity index (χ1) is 16.6. The zero-order valence-corrected chi connectivity index (χ0v) is 21.4. The summed E-state index contributed by atoms with van der Waals surface area (Å²) in [6.07, 6.45) is 5.33. The molecule has 1 aliphatic rings. The molecule has 1 fully saturated rings. The van der Waals surface area contributed by atoms with Crippen LogP contribution in [0.25, 0.3) is 0 Å². The highest BCUT2D eigenvalue weighted by Crippen LogP contribution is 2.22. The first-order valence-corrected chi connectivity index (χ1v) is 13.8. The molecule has 7 nitrogen and oxygen atoms in total. The van der Waals surface area contributed by atoms with Crippen LogP contribution in [0.15, 0.2) is 48.5 Å². The Morgan fingerprint density at radius 3 is 2.20 bits per heavy atom. The molecule has 3 rings (SSSR count). The van der Waals surface area contributed by atoms with Gasteiger partial charge in [-0.05, 0) is 56.0 Å². The second kappa shape index (κ2) is 11.7. The van der Waals surface area contributed by atoms with Gasteiger partial charge in [-0.15, -0.1) is 0 Å². The van der Waals surface area contributed by atoms with Crippen LogP contribution in [0.4, 0.5) is 10.1 Å². The van der Waals surface area contributed by atoms with E-state index >= 15 is 0 Å². The number of aryl methyl sites for hydroxylation is 1. The van der Waals surface area contributed by atoms with Gasteiger partial charge in [0.25, 0.3) is 0 Å². The maximum atomic E-state index is 13.6. The number of benzene rings is 2. The summed E-state index contributed by atoms with van der Waals surface area (Å²) in [6.45, 7) is 3.31. The van der Waals surface area contributed by atoms with Crippen molar-refractivity contribution in [2.45, 2.75) is 64.6 Å². The smallest absolute Gasteiger partial charge is 0.244 e. The van der Waals surface area contributed by atoms with Crippen molar-refractivity contribution in [2.24, 2.45) is 0 Å². The van der Waals surface area contributed by atoms with E-state index in [1.54, 1.807) is 36.4 Å². The lowest BCUT2D eigenvalue weighted by molar-refractivity contribution is -0.140. The Labute approximate surface area is 207 Å². The predicted molar refractivity (Wildman–Crippen MR) is 135 cm³/mol. The first kappa shape index (κ1) is 26.7. The molecule has 1 aliphatic carbocycles. The third-order valence-electron chi connectivity index (χ3n) is 6.35. The Bertz CT molecular complexity index is 1110. The topological polar surface area (TPSA) is 86.8 Å². The van der Waals surface area contributed by atoms with E-state index in [0.717, 1.165) is 41.8 Å². The minimum atomic E-state index is -3.77. The van der Waals surface area contributed by atoms with Gasteiger partial charge in [0.15, 0.2) is 0 Å². The lowest BCUT2D eigenvalue weighted by atomic mass is 10.1. The number of carbonyl (C=O) groups is 2. The summed E-state index contributed by atoms with van der Waals surface area (Å²) < 4.78 is 39.7. The number of halogens is 1. The number of carbonyl (C=O) groups excluding carboxylic acids is 2. The number of amides is 2. The number of rotatable bonds is 10. The quantitative estimate of drug-likeness (QED) is 0.535. The summed E-state index contributed by atoms with van der Waals surface area (Å²) in [4.78, 5) is 28.2. The van der Waals surface area contributed by atoms with Gasteiger partial charge < -0.3 is 10.2 Å². The lowest BCUT2D eigenvalue weighted by Crippen LogP contribution is -2.53. The first-order valence-electron chi connectivity index (χ1n) is 12.0. The zero-order chi connectivity index (χ0) is 25.6. The summed E-state index contributed by atoms with van der Waals surface area (Å²) in [6, 6.07) is 11.9. The summed E-state index contributed by atoms with van der Waals surface area (Å²) in [5.74, 6) is -1.16. The van der Waals surface area contributed by atoms with E-state index < -0.39 is 34.3 Å². The lowest BCUT2D eigenvalue weighted by Gasteiger charge is -2.33. The van der Waals surface area contributed by atoms with Crippen LogP contribution in [0.3, 0.4) is 0 Å². The van der Waals surface area contributed by atoms with Gasteiger partial charge in [-0.1, -0.05) is 49.6 Å². The molecule has 0 spiro atoms. The van der Waals surface area contributed by atoms with Crippen LogP contribution in [0, 0.1) is 12.7 Å². The zero-order valence-electron chi connectivity index (χ0n) is 20.5. The molecule has 0 aromatic heterocycles. The predicted octanol–water partition coefficient (Wildman–Crippen LogP) is 3.77. The number of hydrogen-bond donors (Lipinski definition) is 1. The van der Waals surface area contributed by atoms with Crippen LogP contribution in [-0.4, -0.2) is 50.0 Å². The summed E-state index contributed by atoms with van der Waals surface area (Å²) >= 11 is 0. The fraction of sp³-hybridized carbons (Fsp3) is 0.462. The maximum Gasteiger partial charge on any atom is 0.244 e. The van der Waals surface area contributed by atoms with Crippen molar-refractivity contribution < 1.29 is 22.4 Å². The van der Waals surface area contributed by atoms with E-state index in [0.29, 0.717) is 17.7 Å². The van der Waals surface area contributed by atoms with Crippen LogP contribution >= 0.6 is 0 Å². The SMILES string of the molecule is CC[C@@H](C(=O)NC1CCCC1)N(Cc1ccc(F)cc1)C(=O)CN(c1ccc(C)cc1)S(C)(=O)=O. The minimum Gasteiger partial charge on any atom is -0.352 e. The minimum absolute atomic E-state index is 0.0568. The van der Waals surface area contributed by atoms with Gasteiger partial charge in [0, 0.05) is 12.6 Å². The number of hydrogen-bond acceptors (Lipinski definition) is 4. The van der Waals surface area contributed by atoms with Gasteiger partial charge >= 0.3 is 0 Å². The molecule has 0 bridgehead atoms. The molecule has 2 amide bonds. The Kier molecular flexibility index (Phi) is 8.88. The maximum absolute atomic E-state index is 13.6. The average molecular weight is 504 g/mol. The molecule has 1 N–H and O–H groups in total. The molecule has 9 heteroatoms. The van der Waals surface area contributed by atoms with Crippen molar-refractivity contribution in [3.8, 4) is 0 Å². The van der Waals surface area contributed by atoms with Crippen molar-refractivity contribution in [1.82, 2.24) is 10.2 Å². The average Bonchev–Trinajstić information content (AvgIpc) is 3.31. The number of anilines is 1. The van der Waals surface area contributed by atoms with E-state index in [1.807, 2.05) is 13.8 Å². The molecule has 190 valence electrons. The van der Waals surface area contributed by atoms with E-state index in [1.165, 1.54) is 17.0 Å².